The number of benzene rings is 2. The molecule has 2 amide bonds. The fraction of sp³-hybridized carbons (Fsp3) is 0.286. The van der Waals surface area contributed by atoms with Gasteiger partial charge in [-0.15, -0.1) is 23.2 Å². The minimum absolute atomic E-state index is 0.0319. The Morgan fingerprint density at radius 1 is 1.05 bits per heavy atom. The molecule has 0 unspecified atom stereocenters. The van der Waals surface area contributed by atoms with Gasteiger partial charge >= 0.3 is 11.4 Å². The lowest BCUT2D eigenvalue weighted by Gasteiger charge is -2.47. The Bertz CT molecular complexity index is 1810. The highest BCUT2D eigenvalue weighted by Gasteiger charge is 2.75. The number of hydrogen-bond donors (Lipinski definition) is 1. The summed E-state index contributed by atoms with van der Waals surface area (Å²) in [7, 11) is 2.75. The summed E-state index contributed by atoms with van der Waals surface area (Å²) in [5, 5.41) is 10.00. The number of carbonyl (C=O) groups excluding carboxylic acids is 2. The van der Waals surface area contributed by atoms with Crippen molar-refractivity contribution in [3.8, 4) is 11.5 Å². The third kappa shape index (κ3) is 3.61. The summed E-state index contributed by atoms with van der Waals surface area (Å²) in [5.74, 6) is -3.05. The van der Waals surface area contributed by atoms with Crippen LogP contribution in [0.2, 0.25) is 0 Å². The van der Waals surface area contributed by atoms with Crippen LogP contribution in [0.5, 0.6) is 11.5 Å². The Labute approximate surface area is 242 Å². The summed E-state index contributed by atoms with van der Waals surface area (Å²) in [6.07, 6.45) is 4.73. The minimum Gasteiger partial charge on any atom is -0.504 e. The van der Waals surface area contributed by atoms with E-state index < -0.39 is 50.7 Å². The van der Waals surface area contributed by atoms with E-state index >= 15 is 0 Å². The molecule has 0 spiro atoms. The first-order valence-electron chi connectivity index (χ1n) is 12.6. The second-order valence-electron chi connectivity index (χ2n) is 10.2. The summed E-state index contributed by atoms with van der Waals surface area (Å²) in [6, 6.07) is 8.53. The number of fused-ring (bicyclic) bond motifs is 4. The van der Waals surface area contributed by atoms with Gasteiger partial charge in [0.25, 0.3) is 11.8 Å². The van der Waals surface area contributed by atoms with Gasteiger partial charge in [0, 0.05) is 19.4 Å². The number of allylic oxidation sites excluding steroid dienone is 3. The van der Waals surface area contributed by atoms with Gasteiger partial charge in [0.15, 0.2) is 21.2 Å². The van der Waals surface area contributed by atoms with Gasteiger partial charge in [-0.25, -0.2) is 32.8 Å². The topological polar surface area (TPSA) is 116 Å². The van der Waals surface area contributed by atoms with E-state index in [-0.39, 0.29) is 30.2 Å². The summed E-state index contributed by atoms with van der Waals surface area (Å²) in [6.45, 7) is 0.0319. The number of imide groups is 1. The largest absolute Gasteiger partial charge is 0.504 e. The first-order chi connectivity index (χ1) is 19.4. The van der Waals surface area contributed by atoms with Gasteiger partial charge in [-0.1, -0.05) is 24.3 Å². The number of aromatic hydroxyl groups is 1. The Kier molecular flexibility index (Phi) is 6.09. The highest BCUT2D eigenvalue weighted by atomic mass is 35.5. The number of halogens is 3. The molecule has 41 heavy (non-hydrogen) atoms. The van der Waals surface area contributed by atoms with Crippen LogP contribution in [0.15, 0.2) is 69.8 Å². The quantitative estimate of drug-likeness (QED) is 0.280. The van der Waals surface area contributed by atoms with E-state index in [1.165, 1.54) is 41.7 Å². The van der Waals surface area contributed by atoms with Gasteiger partial charge in [0.05, 0.1) is 25.4 Å². The number of anilines is 1. The van der Waals surface area contributed by atoms with E-state index in [1.54, 1.807) is 30.4 Å². The summed E-state index contributed by atoms with van der Waals surface area (Å²) < 4.78 is 22.3. The number of phenolic OH excluding ortho intramolecular Hbond substituents is 1. The lowest BCUT2D eigenvalue weighted by Crippen LogP contribution is -2.60. The lowest BCUT2D eigenvalue weighted by atomic mass is 9.66. The fourth-order valence-electron chi connectivity index (χ4n) is 6.02. The molecule has 0 radical (unpaired) electrons. The molecule has 6 rings (SSSR count). The molecule has 0 bridgehead atoms. The zero-order valence-electron chi connectivity index (χ0n) is 21.8. The highest BCUT2D eigenvalue weighted by Crippen LogP contribution is 2.61. The Morgan fingerprint density at radius 2 is 1.76 bits per heavy atom. The highest BCUT2D eigenvalue weighted by molar-refractivity contribution is 6.57. The zero-order valence-corrected chi connectivity index (χ0v) is 23.3. The fourth-order valence-corrected chi connectivity index (χ4v) is 6.89. The molecule has 1 aromatic heterocycles. The molecule has 4 atom stereocenters. The molecule has 2 fully saturated rings. The number of phenols is 1. The lowest BCUT2D eigenvalue weighted by molar-refractivity contribution is -0.122. The molecular formula is C28H23Cl2FN4O6. The van der Waals surface area contributed by atoms with Crippen molar-refractivity contribution in [2.24, 2.45) is 13.0 Å². The molecule has 1 saturated heterocycles. The Balaban J connectivity index is 1.55. The van der Waals surface area contributed by atoms with Gasteiger partial charge in [-0.05, 0) is 47.5 Å². The van der Waals surface area contributed by atoms with E-state index in [0.717, 1.165) is 21.6 Å². The average molecular weight is 601 g/mol. The van der Waals surface area contributed by atoms with Gasteiger partial charge in [0.2, 0.25) is 0 Å². The van der Waals surface area contributed by atoms with Crippen molar-refractivity contribution in [3.63, 3.8) is 0 Å². The monoisotopic (exact) mass is 600 g/mol. The number of carbonyl (C=O) groups is 2. The molecule has 2 aliphatic heterocycles. The van der Waals surface area contributed by atoms with Crippen LogP contribution in [0.25, 0.3) is 6.08 Å². The van der Waals surface area contributed by atoms with Crippen LogP contribution >= 0.6 is 23.2 Å². The molecule has 10 nitrogen and oxygen atoms in total. The van der Waals surface area contributed by atoms with Gasteiger partial charge in [-0.2, -0.15) is 0 Å². The molecule has 2 aromatic carbocycles. The van der Waals surface area contributed by atoms with Crippen molar-refractivity contribution in [1.29, 1.82) is 0 Å². The van der Waals surface area contributed by atoms with Crippen LogP contribution in [0.4, 0.5) is 10.1 Å². The van der Waals surface area contributed by atoms with Crippen molar-refractivity contribution in [3.05, 3.63) is 92.5 Å². The number of ether oxygens (including phenoxy) is 1. The number of nitrogens with zero attached hydrogens (tertiary/aromatic N) is 4. The maximum Gasteiger partial charge on any atom is 0.347 e. The SMILES string of the molecule is COc1cc(C=C[C@H]2C3=CCn4c(=O)n(C)c(=O)n4[C@@H]3C[C@@]3(Cl)C(=O)N(c4ccc(F)cc4)C(=O)[C@@]23Cl)ccc1O. The minimum atomic E-state index is -2.04. The zero-order chi connectivity index (χ0) is 29.4. The van der Waals surface area contributed by atoms with E-state index in [9.17, 15) is 28.7 Å². The molecule has 1 saturated carbocycles. The predicted octanol–water partition coefficient (Wildman–Crippen LogP) is 2.94. The van der Waals surface area contributed by atoms with Crippen LogP contribution in [0, 0.1) is 11.7 Å². The van der Waals surface area contributed by atoms with E-state index in [2.05, 4.69) is 0 Å². The van der Waals surface area contributed by atoms with Crippen molar-refractivity contribution in [2.45, 2.75) is 28.8 Å². The smallest absolute Gasteiger partial charge is 0.347 e. The van der Waals surface area contributed by atoms with Crippen LogP contribution in [0.1, 0.15) is 18.0 Å². The standard InChI is InChI=1S/C28H23Cl2FN4O6/c1-32-25(39)33-12-11-18-19(9-3-15-4-10-21(36)22(13-15)41-2)28(30)24(38)34(17-7-5-16(31)6-8-17)23(37)27(28,29)14-20(18)35(33)26(32)40/h3-11,13,19-20,36H,12,14H2,1-2H3/t19-,20+,27+,28-/m0/s1. The number of methoxy groups -OCH3 is 1. The third-order valence-corrected chi connectivity index (χ3v) is 9.53. The normalized spacial score (nSPS) is 27.0. The van der Waals surface area contributed by atoms with Crippen molar-refractivity contribution in [1.82, 2.24) is 13.9 Å². The maximum absolute atomic E-state index is 14.1. The number of aromatic nitrogens is 3. The molecule has 3 aromatic rings. The summed E-state index contributed by atoms with van der Waals surface area (Å²) >= 11 is 14.4. The van der Waals surface area contributed by atoms with Crippen LogP contribution < -0.4 is 21.0 Å². The van der Waals surface area contributed by atoms with Gasteiger partial charge in [-0.3, -0.25) is 9.59 Å². The Morgan fingerprint density at radius 3 is 2.44 bits per heavy atom. The summed E-state index contributed by atoms with van der Waals surface area (Å²) in [4.78, 5) is 50.8. The molecule has 3 heterocycles. The first kappa shape index (κ1) is 27.1. The molecule has 1 aliphatic carbocycles. The second kappa shape index (κ2) is 9.22. The number of rotatable bonds is 4. The van der Waals surface area contributed by atoms with E-state index in [1.807, 2.05) is 0 Å². The number of hydrogen-bond acceptors (Lipinski definition) is 6. The van der Waals surface area contributed by atoms with Crippen LogP contribution in [0.3, 0.4) is 0 Å². The molecule has 212 valence electrons. The summed E-state index contributed by atoms with van der Waals surface area (Å²) in [5.41, 5.74) is 0.0630. The van der Waals surface area contributed by atoms with Crippen molar-refractivity contribution in [2.75, 3.05) is 12.0 Å². The third-order valence-electron chi connectivity index (χ3n) is 8.10. The van der Waals surface area contributed by atoms with Crippen LogP contribution in [-0.2, 0) is 23.2 Å². The number of amides is 2. The number of alkyl halides is 2. The second-order valence-corrected chi connectivity index (χ2v) is 11.4. The van der Waals surface area contributed by atoms with Gasteiger partial charge in [0.1, 0.15) is 5.82 Å². The molecule has 3 aliphatic rings. The average Bonchev–Trinajstić information content (AvgIpc) is 3.27. The molecular weight excluding hydrogens is 578 g/mol. The van der Waals surface area contributed by atoms with E-state index in [4.69, 9.17) is 27.9 Å². The first-order valence-corrected chi connectivity index (χ1v) is 13.4. The maximum atomic E-state index is 14.1. The molecule has 13 heteroatoms. The van der Waals surface area contributed by atoms with Crippen molar-refractivity contribution < 1.29 is 23.8 Å². The molecule has 1 N–H and O–H groups in total. The predicted molar refractivity (Wildman–Crippen MR) is 149 cm³/mol. The Hall–Kier alpha value is -4.09. The van der Waals surface area contributed by atoms with Crippen molar-refractivity contribution >= 4 is 46.8 Å². The van der Waals surface area contributed by atoms with E-state index in [0.29, 0.717) is 11.1 Å². The van der Waals surface area contributed by atoms with Gasteiger partial charge < -0.3 is 9.84 Å². The van der Waals surface area contributed by atoms with Crippen LogP contribution in [-0.4, -0.2) is 47.7 Å².